The maximum Gasteiger partial charge on any atom is 0.387 e. The van der Waals surface area contributed by atoms with Crippen molar-refractivity contribution in [2.75, 3.05) is 19.4 Å². The molecule has 0 saturated carbocycles. The van der Waals surface area contributed by atoms with Crippen molar-refractivity contribution in [1.29, 1.82) is 0 Å². The topological polar surface area (TPSA) is 112 Å². The molecule has 0 radical (unpaired) electrons. The molecule has 8 nitrogen and oxygen atoms in total. The fourth-order valence-electron chi connectivity index (χ4n) is 3.01. The van der Waals surface area contributed by atoms with E-state index in [9.17, 15) is 22.4 Å². The summed E-state index contributed by atoms with van der Waals surface area (Å²) >= 11 is 0. The number of benzene rings is 2. The Morgan fingerprint density at radius 2 is 1.78 bits per heavy atom. The van der Waals surface area contributed by atoms with Crippen molar-refractivity contribution >= 4 is 11.9 Å². The molecule has 0 spiro atoms. The number of aromatic nitrogens is 2. The molecule has 2 heterocycles. The van der Waals surface area contributed by atoms with E-state index in [0.717, 1.165) is 12.1 Å². The van der Waals surface area contributed by atoms with Crippen molar-refractivity contribution in [1.82, 2.24) is 15.5 Å². The third-order valence-electron chi connectivity index (χ3n) is 4.44. The Morgan fingerprint density at radius 3 is 2.25 bits per heavy atom. The molecule has 1 unspecified atom stereocenters. The molecule has 1 amide bonds. The molecule has 3 N–H and O–H groups in total. The number of hydrogen-bond acceptors (Lipinski definition) is 7. The highest BCUT2D eigenvalue weighted by atomic mass is 19.3. The number of alkyl halides is 2. The van der Waals surface area contributed by atoms with E-state index in [1.54, 1.807) is 0 Å². The number of halogens is 4. The van der Waals surface area contributed by atoms with Gasteiger partial charge >= 0.3 is 12.6 Å². The van der Waals surface area contributed by atoms with E-state index in [2.05, 4.69) is 20.3 Å². The maximum absolute atomic E-state index is 13.6. The standard InChI is InChI=1S/C11H11F2NO2.C9H7F2N3O2/c1-16-7-3-8(12)11(9(13)4-7)6-2-10(15)14-5-6;10-8(11)15-6-3-1-5(2-4-6)7-13-14-9(12)16-7/h3-4,6H,2,5H2,1H3,(H,14,15);1-4,8H,(H2,12,14). The molecular weight excluding hydrogens is 436 g/mol. The first kappa shape index (κ1) is 22.8. The Labute approximate surface area is 179 Å². The lowest BCUT2D eigenvalue weighted by Crippen LogP contribution is -2.14. The van der Waals surface area contributed by atoms with E-state index in [1.807, 2.05) is 0 Å². The monoisotopic (exact) mass is 454 g/mol. The van der Waals surface area contributed by atoms with Crippen LogP contribution in [0.1, 0.15) is 17.9 Å². The number of hydrogen-bond donors (Lipinski definition) is 2. The van der Waals surface area contributed by atoms with E-state index in [0.29, 0.717) is 5.56 Å². The molecule has 1 aliphatic heterocycles. The van der Waals surface area contributed by atoms with Gasteiger partial charge < -0.3 is 24.9 Å². The minimum absolute atomic E-state index is 0.0425. The van der Waals surface area contributed by atoms with Gasteiger partial charge in [0.15, 0.2) is 0 Å². The lowest BCUT2D eigenvalue weighted by molar-refractivity contribution is -0.119. The summed E-state index contributed by atoms with van der Waals surface area (Å²) in [4.78, 5) is 11.0. The van der Waals surface area contributed by atoms with Crippen LogP contribution in [0.15, 0.2) is 40.8 Å². The lowest BCUT2D eigenvalue weighted by Gasteiger charge is -2.11. The average molecular weight is 454 g/mol. The molecule has 1 saturated heterocycles. The zero-order chi connectivity index (χ0) is 23.3. The van der Waals surface area contributed by atoms with Crippen LogP contribution in [0.4, 0.5) is 23.6 Å². The molecule has 1 aliphatic rings. The molecule has 170 valence electrons. The Balaban J connectivity index is 0.000000181. The smallest absolute Gasteiger partial charge is 0.387 e. The van der Waals surface area contributed by atoms with Crippen LogP contribution in [0.3, 0.4) is 0 Å². The van der Waals surface area contributed by atoms with Gasteiger partial charge in [0.1, 0.15) is 23.1 Å². The third kappa shape index (κ3) is 5.65. The Bertz CT molecular complexity index is 1050. The minimum atomic E-state index is -2.84. The minimum Gasteiger partial charge on any atom is -0.497 e. The summed E-state index contributed by atoms with van der Waals surface area (Å²) in [5.74, 6) is -1.53. The summed E-state index contributed by atoms with van der Waals surface area (Å²) < 4.78 is 64.9. The van der Waals surface area contributed by atoms with Gasteiger partial charge in [-0.15, -0.1) is 5.10 Å². The van der Waals surface area contributed by atoms with Crippen molar-refractivity contribution in [3.05, 3.63) is 53.6 Å². The second kappa shape index (κ2) is 9.98. The number of carbonyl (C=O) groups excluding carboxylic acids is 1. The van der Waals surface area contributed by atoms with Crippen molar-refractivity contribution in [2.45, 2.75) is 19.0 Å². The zero-order valence-corrected chi connectivity index (χ0v) is 16.6. The number of ether oxygens (including phenoxy) is 2. The van der Waals surface area contributed by atoms with Crippen LogP contribution in [0.25, 0.3) is 11.5 Å². The molecular formula is C20H18F4N4O4. The lowest BCUT2D eigenvalue weighted by atomic mass is 9.97. The van der Waals surface area contributed by atoms with Crippen LogP contribution in [-0.2, 0) is 4.79 Å². The number of methoxy groups -OCH3 is 1. The van der Waals surface area contributed by atoms with E-state index in [1.165, 1.54) is 31.4 Å². The first-order valence-electron chi connectivity index (χ1n) is 9.20. The number of nitrogens with zero attached hydrogens (tertiary/aromatic N) is 2. The second-order valence-electron chi connectivity index (χ2n) is 6.56. The molecule has 1 atom stereocenters. The van der Waals surface area contributed by atoms with Gasteiger partial charge in [0.2, 0.25) is 11.8 Å². The highest BCUT2D eigenvalue weighted by molar-refractivity contribution is 5.79. The Kier molecular flexibility index (Phi) is 7.13. The summed E-state index contributed by atoms with van der Waals surface area (Å²) in [6.07, 6.45) is 0.125. The molecule has 0 bridgehead atoms. The fraction of sp³-hybridized carbons (Fsp3) is 0.250. The SMILES string of the molecule is COc1cc(F)c(C2CNC(=O)C2)c(F)c1.Nc1nnc(-c2ccc(OC(F)F)cc2)o1. The Hall–Kier alpha value is -3.83. The van der Waals surface area contributed by atoms with Crippen LogP contribution >= 0.6 is 0 Å². The van der Waals surface area contributed by atoms with Crippen LogP contribution in [-0.4, -0.2) is 36.4 Å². The van der Waals surface area contributed by atoms with Crippen molar-refractivity contribution in [2.24, 2.45) is 0 Å². The number of rotatable bonds is 5. The fourth-order valence-corrected chi connectivity index (χ4v) is 3.01. The maximum atomic E-state index is 13.6. The van der Waals surface area contributed by atoms with Crippen molar-refractivity contribution in [3.8, 4) is 23.0 Å². The first-order chi connectivity index (χ1) is 15.3. The number of nitrogen functional groups attached to an aromatic ring is 1. The quantitative estimate of drug-likeness (QED) is 0.568. The zero-order valence-electron chi connectivity index (χ0n) is 16.6. The summed E-state index contributed by atoms with van der Waals surface area (Å²) in [5.41, 5.74) is 5.78. The highest BCUT2D eigenvalue weighted by Crippen LogP contribution is 2.30. The van der Waals surface area contributed by atoms with Crippen molar-refractivity contribution < 1.29 is 36.2 Å². The molecule has 2 aromatic carbocycles. The van der Waals surface area contributed by atoms with Crippen LogP contribution in [0.2, 0.25) is 0 Å². The van der Waals surface area contributed by atoms with Gasteiger partial charge in [-0.2, -0.15) is 8.78 Å². The number of nitrogens with two attached hydrogens (primary N) is 1. The molecule has 1 aromatic heterocycles. The molecule has 0 aliphatic carbocycles. The molecule has 3 aromatic rings. The van der Waals surface area contributed by atoms with E-state index >= 15 is 0 Å². The summed E-state index contributed by atoms with van der Waals surface area (Å²) in [5, 5.41) is 9.67. The summed E-state index contributed by atoms with van der Waals surface area (Å²) in [7, 11) is 1.34. The van der Waals surface area contributed by atoms with Gasteiger partial charge in [0.25, 0.3) is 0 Å². The van der Waals surface area contributed by atoms with Gasteiger partial charge in [-0.05, 0) is 24.3 Å². The average Bonchev–Trinajstić information content (AvgIpc) is 3.36. The predicted octanol–water partition coefficient (Wildman–Crippen LogP) is 3.50. The molecule has 12 heteroatoms. The van der Waals surface area contributed by atoms with E-state index in [4.69, 9.17) is 14.9 Å². The van der Waals surface area contributed by atoms with Gasteiger partial charge in [-0.3, -0.25) is 4.79 Å². The normalized spacial score (nSPS) is 15.2. The molecule has 32 heavy (non-hydrogen) atoms. The predicted molar refractivity (Wildman–Crippen MR) is 104 cm³/mol. The number of nitrogens with one attached hydrogen (secondary N) is 1. The van der Waals surface area contributed by atoms with Gasteiger partial charge in [0, 0.05) is 42.1 Å². The van der Waals surface area contributed by atoms with Gasteiger partial charge in [0.05, 0.1) is 7.11 Å². The molecule has 4 rings (SSSR count). The first-order valence-corrected chi connectivity index (χ1v) is 9.20. The second-order valence-corrected chi connectivity index (χ2v) is 6.56. The van der Waals surface area contributed by atoms with Crippen molar-refractivity contribution in [3.63, 3.8) is 0 Å². The van der Waals surface area contributed by atoms with Crippen LogP contribution in [0.5, 0.6) is 11.5 Å². The summed E-state index contributed by atoms with van der Waals surface area (Å²) in [6.45, 7) is -2.57. The van der Waals surface area contributed by atoms with Crippen LogP contribution in [0, 0.1) is 11.6 Å². The summed E-state index contributed by atoms with van der Waals surface area (Å²) in [6, 6.07) is 7.99. The number of carbonyl (C=O) groups is 1. The van der Waals surface area contributed by atoms with E-state index < -0.39 is 24.2 Å². The van der Waals surface area contributed by atoms with E-state index in [-0.39, 0.29) is 47.8 Å². The van der Waals surface area contributed by atoms with Gasteiger partial charge in [-0.25, -0.2) is 8.78 Å². The number of amides is 1. The van der Waals surface area contributed by atoms with Gasteiger partial charge in [-0.1, -0.05) is 5.10 Å². The highest BCUT2D eigenvalue weighted by Gasteiger charge is 2.28. The Morgan fingerprint density at radius 1 is 1.12 bits per heavy atom. The number of anilines is 1. The van der Waals surface area contributed by atoms with Crippen LogP contribution < -0.4 is 20.5 Å². The molecule has 1 fully saturated rings. The largest absolute Gasteiger partial charge is 0.497 e. The third-order valence-corrected chi connectivity index (χ3v) is 4.44.